The summed E-state index contributed by atoms with van der Waals surface area (Å²) in [5.74, 6) is 0.458. The first-order valence-corrected chi connectivity index (χ1v) is 3.79. The highest BCUT2D eigenvalue weighted by Crippen LogP contribution is 2.27. The van der Waals surface area contributed by atoms with Crippen LogP contribution >= 0.6 is 0 Å². The lowest BCUT2D eigenvalue weighted by atomic mass is 9.97. The lowest BCUT2D eigenvalue weighted by Crippen LogP contribution is -2.19. The topological polar surface area (TPSA) is 29.5 Å². The summed E-state index contributed by atoms with van der Waals surface area (Å²) < 4.78 is 5.24. The summed E-state index contributed by atoms with van der Waals surface area (Å²) in [5, 5.41) is 8.80. The first kappa shape index (κ1) is 8.02. The lowest BCUT2D eigenvalue weighted by molar-refractivity contribution is 0.0148. The van der Waals surface area contributed by atoms with Crippen molar-refractivity contribution in [2.45, 2.75) is 32.0 Å². The van der Waals surface area contributed by atoms with E-state index in [1.54, 1.807) is 0 Å². The zero-order chi connectivity index (χ0) is 7.56. The molecule has 1 unspecified atom stereocenters. The Bertz CT molecular complexity index is 91.4. The third kappa shape index (κ3) is 1.50. The van der Waals surface area contributed by atoms with E-state index in [1.807, 2.05) is 0 Å². The third-order valence-corrected chi connectivity index (χ3v) is 2.11. The Labute approximate surface area is 62.2 Å². The second-order valence-corrected chi connectivity index (χ2v) is 2.80. The van der Waals surface area contributed by atoms with Crippen LogP contribution in [0.4, 0.5) is 0 Å². The van der Waals surface area contributed by atoms with Crippen molar-refractivity contribution in [3.05, 3.63) is 6.92 Å². The summed E-state index contributed by atoms with van der Waals surface area (Å²) in [5.41, 5.74) is 0. The van der Waals surface area contributed by atoms with Crippen LogP contribution in [0, 0.1) is 12.8 Å². The molecule has 0 aliphatic carbocycles. The molecule has 1 fully saturated rings. The summed E-state index contributed by atoms with van der Waals surface area (Å²) in [4.78, 5) is 0. The zero-order valence-corrected chi connectivity index (χ0v) is 6.29. The molecule has 0 spiro atoms. The number of hydrogen-bond donors (Lipinski definition) is 1. The predicted octanol–water partition coefficient (Wildman–Crippen LogP) is 0.873. The van der Waals surface area contributed by atoms with Crippen molar-refractivity contribution in [3.8, 4) is 0 Å². The van der Waals surface area contributed by atoms with Crippen LogP contribution in [-0.4, -0.2) is 23.9 Å². The molecule has 0 aromatic carbocycles. The highest BCUT2D eigenvalue weighted by atomic mass is 16.5. The van der Waals surface area contributed by atoms with E-state index in [2.05, 4.69) is 6.92 Å². The van der Waals surface area contributed by atoms with Crippen LogP contribution in [0.5, 0.6) is 0 Å². The quantitative estimate of drug-likeness (QED) is 0.620. The van der Waals surface area contributed by atoms with Crippen molar-refractivity contribution in [1.82, 2.24) is 0 Å². The van der Waals surface area contributed by atoms with Crippen LogP contribution in [0.25, 0.3) is 0 Å². The van der Waals surface area contributed by atoms with Crippen LogP contribution in [-0.2, 0) is 4.74 Å². The van der Waals surface area contributed by atoms with Crippen molar-refractivity contribution in [1.29, 1.82) is 0 Å². The number of ether oxygens (including phenoxy) is 1. The average Bonchev–Trinajstić information content (AvgIpc) is 2.30. The molecule has 1 saturated heterocycles. The van der Waals surface area contributed by atoms with Crippen molar-refractivity contribution in [2.75, 3.05) is 6.61 Å². The van der Waals surface area contributed by atoms with E-state index in [4.69, 9.17) is 16.8 Å². The lowest BCUT2D eigenvalue weighted by Gasteiger charge is -2.12. The minimum atomic E-state index is -0.151. The zero-order valence-electron chi connectivity index (χ0n) is 6.29. The molecule has 2 radical (unpaired) electrons. The Morgan fingerprint density at radius 1 is 1.70 bits per heavy atom. The summed E-state index contributed by atoms with van der Waals surface area (Å²) in [7, 11) is 0. The van der Waals surface area contributed by atoms with Gasteiger partial charge in [0.2, 0.25) is 0 Å². The number of aliphatic hydroxyl groups excluding tert-OH is 1. The van der Waals surface area contributed by atoms with Gasteiger partial charge in [-0.15, -0.1) is 0 Å². The molecule has 10 heavy (non-hydrogen) atoms. The highest BCUT2D eigenvalue weighted by molar-refractivity contribution is 4.82. The molecule has 58 valence electrons. The smallest absolute Gasteiger partial charge is 0.0838 e. The largest absolute Gasteiger partial charge is 0.394 e. The second kappa shape index (κ2) is 3.35. The third-order valence-electron chi connectivity index (χ3n) is 2.11. The van der Waals surface area contributed by atoms with Gasteiger partial charge in [0.15, 0.2) is 0 Å². The van der Waals surface area contributed by atoms with Gasteiger partial charge >= 0.3 is 0 Å². The molecule has 1 heterocycles. The number of aliphatic hydroxyl groups is 1. The van der Waals surface area contributed by atoms with Gasteiger partial charge in [-0.2, -0.15) is 0 Å². The van der Waals surface area contributed by atoms with Crippen molar-refractivity contribution in [3.63, 3.8) is 0 Å². The first-order valence-electron chi connectivity index (χ1n) is 3.79. The van der Waals surface area contributed by atoms with Gasteiger partial charge in [0, 0.05) is 0 Å². The van der Waals surface area contributed by atoms with Gasteiger partial charge in [-0.3, -0.25) is 0 Å². The number of rotatable bonds is 2. The van der Waals surface area contributed by atoms with Crippen LogP contribution in [0.15, 0.2) is 0 Å². The fourth-order valence-corrected chi connectivity index (χ4v) is 1.46. The fraction of sp³-hybridized carbons (Fsp3) is 0.875. The van der Waals surface area contributed by atoms with Gasteiger partial charge in [0.05, 0.1) is 18.8 Å². The fourth-order valence-electron chi connectivity index (χ4n) is 1.46. The monoisotopic (exact) mass is 142 g/mol. The molecular weight excluding hydrogens is 128 g/mol. The molecule has 0 aromatic heterocycles. The van der Waals surface area contributed by atoms with E-state index < -0.39 is 0 Å². The highest BCUT2D eigenvalue weighted by Gasteiger charge is 2.30. The maximum atomic E-state index is 8.80. The molecule has 3 atom stereocenters. The first-order chi connectivity index (χ1) is 4.77. The predicted molar refractivity (Wildman–Crippen MR) is 38.4 cm³/mol. The molecule has 0 amide bonds. The maximum Gasteiger partial charge on any atom is 0.0838 e. The van der Waals surface area contributed by atoms with Gasteiger partial charge in [-0.1, -0.05) is 13.3 Å². The van der Waals surface area contributed by atoms with Gasteiger partial charge in [0.25, 0.3) is 0 Å². The molecule has 1 N–H and O–H groups in total. The van der Waals surface area contributed by atoms with E-state index in [0.29, 0.717) is 5.92 Å². The molecule has 0 saturated carbocycles. The van der Waals surface area contributed by atoms with Crippen molar-refractivity contribution >= 4 is 0 Å². The van der Waals surface area contributed by atoms with E-state index in [-0.39, 0.29) is 18.8 Å². The van der Waals surface area contributed by atoms with Gasteiger partial charge in [0.1, 0.15) is 0 Å². The molecule has 0 aromatic rings. The summed E-state index contributed by atoms with van der Waals surface area (Å²) in [6, 6.07) is 0. The standard InChI is InChI=1S/C8H14O2/c1-3-7-4-6(2)10-8(7)5-9/h2,6-9H,3-5H2,1H3/t6?,7-,8-/m1/s1. The Hall–Kier alpha value is -0.0800. The Morgan fingerprint density at radius 3 is 2.80 bits per heavy atom. The molecule has 1 rings (SSSR count). The van der Waals surface area contributed by atoms with E-state index in [9.17, 15) is 0 Å². The SMILES string of the molecule is [CH]C1C[C@@H](CC)[C@@H](CO)O1. The normalized spacial score (nSPS) is 40.5. The minimum Gasteiger partial charge on any atom is -0.394 e. The molecule has 2 nitrogen and oxygen atoms in total. The van der Waals surface area contributed by atoms with E-state index in [1.165, 1.54) is 0 Å². The molecule has 1 aliphatic rings. The molecule has 1 aliphatic heterocycles. The van der Waals surface area contributed by atoms with Gasteiger partial charge < -0.3 is 9.84 Å². The van der Waals surface area contributed by atoms with Gasteiger partial charge in [-0.05, 0) is 19.3 Å². The van der Waals surface area contributed by atoms with Crippen LogP contribution < -0.4 is 0 Å². The van der Waals surface area contributed by atoms with E-state index in [0.717, 1.165) is 12.8 Å². The second-order valence-electron chi connectivity index (χ2n) is 2.80. The van der Waals surface area contributed by atoms with Crippen LogP contribution in [0.3, 0.4) is 0 Å². The van der Waals surface area contributed by atoms with Crippen LogP contribution in [0.1, 0.15) is 19.8 Å². The average molecular weight is 142 g/mol. The summed E-state index contributed by atoms with van der Waals surface area (Å²) in [6.45, 7) is 7.73. The van der Waals surface area contributed by atoms with Crippen molar-refractivity contribution < 1.29 is 9.84 Å². The summed E-state index contributed by atoms with van der Waals surface area (Å²) in [6.07, 6.45) is 1.77. The Balaban J connectivity index is 2.41. The minimum absolute atomic E-state index is 0.0139. The van der Waals surface area contributed by atoms with Crippen LogP contribution in [0.2, 0.25) is 0 Å². The molecule has 2 heteroatoms. The number of hydrogen-bond acceptors (Lipinski definition) is 2. The maximum absolute atomic E-state index is 8.80. The summed E-state index contributed by atoms with van der Waals surface area (Å²) >= 11 is 0. The Morgan fingerprint density at radius 2 is 2.40 bits per heavy atom. The van der Waals surface area contributed by atoms with Crippen molar-refractivity contribution in [2.24, 2.45) is 5.92 Å². The molecule has 0 bridgehead atoms. The Kier molecular flexibility index (Phi) is 2.69. The molecular formula is C8H14O2. The van der Waals surface area contributed by atoms with E-state index >= 15 is 0 Å². The van der Waals surface area contributed by atoms with Gasteiger partial charge in [-0.25, -0.2) is 0 Å².